The second-order valence-corrected chi connectivity index (χ2v) is 4.67. The molecule has 0 spiro atoms. The van der Waals surface area contributed by atoms with Gasteiger partial charge in [-0.25, -0.2) is 0 Å². The molecule has 4 heteroatoms. The number of aromatic nitrogens is 3. The molecule has 2 aromatic rings. The molecule has 0 aliphatic heterocycles. The highest BCUT2D eigenvalue weighted by molar-refractivity contribution is 9.10. The zero-order valence-electron chi connectivity index (χ0n) is 11.2. The monoisotopic (exact) mass is 309 g/mol. The maximum Gasteiger partial charge on any atom is 0.133 e. The molecule has 0 aliphatic rings. The molecule has 18 heavy (non-hydrogen) atoms. The van der Waals surface area contributed by atoms with E-state index in [1.54, 1.807) is 6.33 Å². The second kappa shape index (κ2) is 8.03. The molecule has 1 heterocycles. The average Bonchev–Trinajstić information content (AvgIpc) is 2.83. The summed E-state index contributed by atoms with van der Waals surface area (Å²) < 4.78 is 3.21. The maximum atomic E-state index is 4.12. The molecule has 3 nitrogen and oxygen atoms in total. The molecule has 98 valence electrons. The summed E-state index contributed by atoms with van der Waals surface area (Å²) in [6, 6.07) is 8.33. The summed E-state index contributed by atoms with van der Waals surface area (Å²) in [6.45, 7) is 6.99. The van der Waals surface area contributed by atoms with Crippen molar-refractivity contribution in [3.8, 4) is 0 Å². The third kappa shape index (κ3) is 4.26. The Balaban J connectivity index is 0.000000771. The molecule has 2 rings (SSSR count). The Morgan fingerprint density at radius 3 is 2.44 bits per heavy atom. The number of halogens is 1. The number of rotatable bonds is 4. The Morgan fingerprint density at radius 1 is 1.17 bits per heavy atom. The van der Waals surface area contributed by atoms with Gasteiger partial charge in [-0.05, 0) is 24.1 Å². The summed E-state index contributed by atoms with van der Waals surface area (Å²) in [5, 5.41) is 8.08. The van der Waals surface area contributed by atoms with Crippen molar-refractivity contribution in [1.29, 1.82) is 0 Å². The molecule has 0 N–H and O–H groups in total. The Hall–Kier alpha value is -1.16. The van der Waals surface area contributed by atoms with Crippen molar-refractivity contribution in [3.05, 3.63) is 46.5 Å². The van der Waals surface area contributed by atoms with Crippen LogP contribution in [0.4, 0.5) is 0 Å². The van der Waals surface area contributed by atoms with Gasteiger partial charge in [-0.3, -0.25) is 0 Å². The van der Waals surface area contributed by atoms with Gasteiger partial charge in [0.25, 0.3) is 0 Å². The number of nitrogens with zero attached hydrogens (tertiary/aromatic N) is 3. The predicted molar refractivity (Wildman–Crippen MR) is 78.6 cm³/mol. The van der Waals surface area contributed by atoms with E-state index in [1.807, 2.05) is 13.8 Å². The zero-order valence-corrected chi connectivity index (χ0v) is 12.8. The van der Waals surface area contributed by atoms with Crippen molar-refractivity contribution < 1.29 is 0 Å². The molecule has 0 amide bonds. The van der Waals surface area contributed by atoms with Crippen molar-refractivity contribution in [2.45, 2.75) is 40.2 Å². The van der Waals surface area contributed by atoms with Crippen LogP contribution in [-0.4, -0.2) is 14.8 Å². The standard InChI is InChI=1S/C12H14BrN3.C2H6/c1-2-3-12-15-14-9-16(12)8-10-4-6-11(13)7-5-10;1-2/h4-7,9H,2-3,8H2,1H3;1-2H3. The number of aryl methyl sites for hydroxylation is 1. The van der Waals surface area contributed by atoms with Crippen LogP contribution in [0, 0.1) is 0 Å². The molecule has 1 aromatic carbocycles. The van der Waals surface area contributed by atoms with E-state index in [4.69, 9.17) is 0 Å². The van der Waals surface area contributed by atoms with E-state index in [1.165, 1.54) is 5.56 Å². The Morgan fingerprint density at radius 2 is 1.83 bits per heavy atom. The summed E-state index contributed by atoms with van der Waals surface area (Å²) >= 11 is 3.43. The van der Waals surface area contributed by atoms with Gasteiger partial charge in [-0.2, -0.15) is 0 Å². The van der Waals surface area contributed by atoms with Gasteiger partial charge in [-0.15, -0.1) is 10.2 Å². The summed E-state index contributed by atoms with van der Waals surface area (Å²) in [5.74, 6) is 1.06. The topological polar surface area (TPSA) is 30.7 Å². The highest BCUT2D eigenvalue weighted by atomic mass is 79.9. The lowest BCUT2D eigenvalue weighted by molar-refractivity contribution is 0.705. The SMILES string of the molecule is CC.CCCc1nncn1Cc1ccc(Br)cc1. The van der Waals surface area contributed by atoms with Crippen LogP contribution in [0.25, 0.3) is 0 Å². The molecule has 0 fully saturated rings. The van der Waals surface area contributed by atoms with Crippen molar-refractivity contribution in [1.82, 2.24) is 14.8 Å². The zero-order chi connectivity index (χ0) is 13.4. The third-order valence-electron chi connectivity index (χ3n) is 2.44. The van der Waals surface area contributed by atoms with E-state index < -0.39 is 0 Å². The lowest BCUT2D eigenvalue weighted by Gasteiger charge is -2.05. The van der Waals surface area contributed by atoms with Gasteiger partial charge in [0, 0.05) is 10.9 Å². The molecular weight excluding hydrogens is 290 g/mol. The van der Waals surface area contributed by atoms with Crippen LogP contribution >= 0.6 is 15.9 Å². The Labute approximate surface area is 117 Å². The first-order chi connectivity index (χ1) is 8.79. The van der Waals surface area contributed by atoms with Crippen LogP contribution in [0.3, 0.4) is 0 Å². The molecule has 0 saturated carbocycles. The van der Waals surface area contributed by atoms with Gasteiger partial charge >= 0.3 is 0 Å². The molecular formula is C14H20BrN3. The maximum absolute atomic E-state index is 4.12. The van der Waals surface area contributed by atoms with Crippen LogP contribution in [-0.2, 0) is 13.0 Å². The number of hydrogen-bond acceptors (Lipinski definition) is 2. The average molecular weight is 310 g/mol. The van der Waals surface area contributed by atoms with E-state index in [0.29, 0.717) is 0 Å². The highest BCUT2D eigenvalue weighted by Crippen LogP contribution is 2.12. The summed E-state index contributed by atoms with van der Waals surface area (Å²) in [7, 11) is 0. The van der Waals surface area contributed by atoms with Crippen LogP contribution < -0.4 is 0 Å². The van der Waals surface area contributed by atoms with Crippen LogP contribution in [0.2, 0.25) is 0 Å². The number of benzene rings is 1. The third-order valence-corrected chi connectivity index (χ3v) is 2.96. The van der Waals surface area contributed by atoms with E-state index >= 15 is 0 Å². The van der Waals surface area contributed by atoms with Crippen LogP contribution in [0.1, 0.15) is 38.6 Å². The van der Waals surface area contributed by atoms with Crippen molar-refractivity contribution in [2.24, 2.45) is 0 Å². The minimum absolute atomic E-state index is 0.843. The van der Waals surface area contributed by atoms with Crippen LogP contribution in [0.15, 0.2) is 35.1 Å². The first-order valence-corrected chi connectivity index (χ1v) is 7.20. The first-order valence-electron chi connectivity index (χ1n) is 6.40. The molecule has 0 bridgehead atoms. The van der Waals surface area contributed by atoms with E-state index in [2.05, 4.69) is 61.9 Å². The van der Waals surface area contributed by atoms with E-state index in [9.17, 15) is 0 Å². The lowest BCUT2D eigenvalue weighted by atomic mass is 10.2. The first kappa shape index (κ1) is 14.9. The van der Waals surface area contributed by atoms with Gasteiger partial charge in [0.2, 0.25) is 0 Å². The fourth-order valence-electron chi connectivity index (χ4n) is 1.61. The van der Waals surface area contributed by atoms with Gasteiger partial charge < -0.3 is 4.57 Å². The van der Waals surface area contributed by atoms with Gasteiger partial charge in [0.15, 0.2) is 0 Å². The predicted octanol–water partition coefficient (Wildman–Crippen LogP) is 4.07. The molecule has 0 unspecified atom stereocenters. The molecule has 0 radical (unpaired) electrons. The van der Waals surface area contributed by atoms with Gasteiger partial charge in [-0.1, -0.05) is 48.8 Å². The van der Waals surface area contributed by atoms with Gasteiger partial charge in [0.1, 0.15) is 12.2 Å². The lowest BCUT2D eigenvalue weighted by Crippen LogP contribution is -2.03. The molecule has 0 aliphatic carbocycles. The van der Waals surface area contributed by atoms with Crippen molar-refractivity contribution in [2.75, 3.05) is 0 Å². The fraction of sp³-hybridized carbons (Fsp3) is 0.429. The van der Waals surface area contributed by atoms with Crippen LogP contribution in [0.5, 0.6) is 0 Å². The fourth-order valence-corrected chi connectivity index (χ4v) is 1.88. The number of hydrogen-bond donors (Lipinski definition) is 0. The smallest absolute Gasteiger partial charge is 0.133 e. The molecule has 0 saturated heterocycles. The normalized spacial score (nSPS) is 9.78. The Kier molecular flexibility index (Phi) is 6.65. The molecule has 1 aromatic heterocycles. The quantitative estimate of drug-likeness (QED) is 0.852. The molecule has 0 atom stereocenters. The van der Waals surface area contributed by atoms with Crippen molar-refractivity contribution >= 4 is 15.9 Å². The Bertz CT molecular complexity index is 448. The largest absolute Gasteiger partial charge is 0.313 e. The minimum Gasteiger partial charge on any atom is -0.313 e. The summed E-state index contributed by atoms with van der Waals surface area (Å²) in [4.78, 5) is 0. The summed E-state index contributed by atoms with van der Waals surface area (Å²) in [6.07, 6.45) is 3.88. The van der Waals surface area contributed by atoms with Crippen molar-refractivity contribution in [3.63, 3.8) is 0 Å². The summed E-state index contributed by atoms with van der Waals surface area (Å²) in [5.41, 5.74) is 1.26. The minimum atomic E-state index is 0.843. The highest BCUT2D eigenvalue weighted by Gasteiger charge is 2.03. The second-order valence-electron chi connectivity index (χ2n) is 3.75. The van der Waals surface area contributed by atoms with Gasteiger partial charge in [0.05, 0.1) is 6.54 Å². The van der Waals surface area contributed by atoms with E-state index in [-0.39, 0.29) is 0 Å². The van der Waals surface area contributed by atoms with E-state index in [0.717, 1.165) is 29.7 Å².